The SMILES string of the molecule is CCCC1CCCN(c2ncc(CC(C)N)cc2C)CC1. The first-order chi connectivity index (χ1) is 10.1. The molecule has 2 rings (SSSR count). The molecule has 0 amide bonds. The first-order valence-electron chi connectivity index (χ1n) is 8.56. The van der Waals surface area contributed by atoms with Crippen molar-refractivity contribution in [3.63, 3.8) is 0 Å². The smallest absolute Gasteiger partial charge is 0.131 e. The maximum atomic E-state index is 5.88. The largest absolute Gasteiger partial charge is 0.356 e. The predicted molar refractivity (Wildman–Crippen MR) is 90.8 cm³/mol. The summed E-state index contributed by atoms with van der Waals surface area (Å²) in [6.45, 7) is 8.84. The van der Waals surface area contributed by atoms with Crippen molar-refractivity contribution in [1.82, 2.24) is 4.98 Å². The number of rotatable bonds is 5. The maximum Gasteiger partial charge on any atom is 0.131 e. The van der Waals surface area contributed by atoms with E-state index in [-0.39, 0.29) is 6.04 Å². The Morgan fingerprint density at radius 3 is 2.86 bits per heavy atom. The van der Waals surface area contributed by atoms with Gasteiger partial charge in [0.2, 0.25) is 0 Å². The molecule has 2 unspecified atom stereocenters. The number of aryl methyl sites for hydroxylation is 1. The van der Waals surface area contributed by atoms with Crippen LogP contribution in [0.1, 0.15) is 57.1 Å². The number of hydrogen-bond donors (Lipinski definition) is 1. The quantitative estimate of drug-likeness (QED) is 0.899. The van der Waals surface area contributed by atoms with E-state index in [0.717, 1.165) is 25.4 Å². The van der Waals surface area contributed by atoms with E-state index in [1.807, 2.05) is 13.1 Å². The van der Waals surface area contributed by atoms with Crippen LogP contribution in [0.25, 0.3) is 0 Å². The van der Waals surface area contributed by atoms with Crippen LogP contribution in [0.3, 0.4) is 0 Å². The van der Waals surface area contributed by atoms with E-state index < -0.39 is 0 Å². The van der Waals surface area contributed by atoms with Crippen molar-refractivity contribution in [2.24, 2.45) is 11.7 Å². The second-order valence-corrected chi connectivity index (χ2v) is 6.74. The number of pyridine rings is 1. The van der Waals surface area contributed by atoms with Crippen molar-refractivity contribution >= 4 is 5.82 Å². The third-order valence-corrected chi connectivity index (χ3v) is 4.51. The summed E-state index contributed by atoms with van der Waals surface area (Å²) in [5, 5.41) is 0. The van der Waals surface area contributed by atoms with Crippen molar-refractivity contribution in [3.05, 3.63) is 23.4 Å². The van der Waals surface area contributed by atoms with Crippen LogP contribution in [0.5, 0.6) is 0 Å². The Kier molecular flexibility index (Phi) is 6.04. The van der Waals surface area contributed by atoms with Gasteiger partial charge in [-0.05, 0) is 56.6 Å². The molecule has 1 aliphatic rings. The molecule has 0 saturated carbocycles. The normalized spacial score (nSPS) is 21.1. The summed E-state index contributed by atoms with van der Waals surface area (Å²) < 4.78 is 0. The van der Waals surface area contributed by atoms with Gasteiger partial charge in [0.15, 0.2) is 0 Å². The molecule has 118 valence electrons. The predicted octanol–water partition coefficient (Wildman–Crippen LogP) is 3.69. The summed E-state index contributed by atoms with van der Waals surface area (Å²) >= 11 is 0. The van der Waals surface area contributed by atoms with E-state index in [1.54, 1.807) is 0 Å². The zero-order valence-electron chi connectivity index (χ0n) is 13.9. The van der Waals surface area contributed by atoms with Gasteiger partial charge in [-0.15, -0.1) is 0 Å². The van der Waals surface area contributed by atoms with Crippen LogP contribution in [-0.2, 0) is 6.42 Å². The van der Waals surface area contributed by atoms with E-state index in [0.29, 0.717) is 0 Å². The van der Waals surface area contributed by atoms with Crippen molar-refractivity contribution in [2.45, 2.75) is 65.3 Å². The maximum absolute atomic E-state index is 5.88. The lowest BCUT2D eigenvalue weighted by molar-refractivity contribution is 0.435. The van der Waals surface area contributed by atoms with Crippen molar-refractivity contribution in [1.29, 1.82) is 0 Å². The molecule has 2 N–H and O–H groups in total. The molecule has 0 aliphatic carbocycles. The molecule has 1 saturated heterocycles. The molecule has 2 heterocycles. The molecule has 3 heteroatoms. The van der Waals surface area contributed by atoms with E-state index >= 15 is 0 Å². The summed E-state index contributed by atoms with van der Waals surface area (Å²) in [5.41, 5.74) is 8.43. The fourth-order valence-corrected chi connectivity index (χ4v) is 3.51. The van der Waals surface area contributed by atoms with Crippen LogP contribution in [0.4, 0.5) is 5.82 Å². The Hall–Kier alpha value is -1.09. The third kappa shape index (κ3) is 4.70. The van der Waals surface area contributed by atoms with Gasteiger partial charge >= 0.3 is 0 Å². The second-order valence-electron chi connectivity index (χ2n) is 6.74. The fraction of sp³-hybridized carbons (Fsp3) is 0.722. The molecular weight excluding hydrogens is 258 g/mol. The number of hydrogen-bond acceptors (Lipinski definition) is 3. The Morgan fingerprint density at radius 1 is 1.38 bits per heavy atom. The highest BCUT2D eigenvalue weighted by Gasteiger charge is 2.18. The van der Waals surface area contributed by atoms with Crippen LogP contribution < -0.4 is 10.6 Å². The zero-order chi connectivity index (χ0) is 15.2. The molecule has 2 atom stereocenters. The van der Waals surface area contributed by atoms with E-state index in [9.17, 15) is 0 Å². The molecule has 21 heavy (non-hydrogen) atoms. The first-order valence-corrected chi connectivity index (χ1v) is 8.56. The minimum absolute atomic E-state index is 0.199. The average Bonchev–Trinajstić information content (AvgIpc) is 2.64. The van der Waals surface area contributed by atoms with Crippen molar-refractivity contribution < 1.29 is 0 Å². The van der Waals surface area contributed by atoms with Gasteiger partial charge in [-0.25, -0.2) is 4.98 Å². The summed E-state index contributed by atoms with van der Waals surface area (Å²) in [6.07, 6.45) is 9.62. The number of nitrogens with zero attached hydrogens (tertiary/aromatic N) is 2. The minimum atomic E-state index is 0.199. The Balaban J connectivity index is 2.04. The van der Waals surface area contributed by atoms with Gasteiger partial charge in [-0.3, -0.25) is 0 Å². The minimum Gasteiger partial charge on any atom is -0.356 e. The number of anilines is 1. The van der Waals surface area contributed by atoms with Gasteiger partial charge in [0, 0.05) is 25.3 Å². The molecule has 0 radical (unpaired) electrons. The van der Waals surface area contributed by atoms with Gasteiger partial charge in [-0.1, -0.05) is 25.8 Å². The molecule has 0 bridgehead atoms. The molecule has 3 nitrogen and oxygen atoms in total. The zero-order valence-corrected chi connectivity index (χ0v) is 13.9. The summed E-state index contributed by atoms with van der Waals surface area (Å²) in [6, 6.07) is 2.46. The second kappa shape index (κ2) is 7.79. The third-order valence-electron chi connectivity index (χ3n) is 4.51. The van der Waals surface area contributed by atoms with E-state index in [2.05, 4.69) is 24.8 Å². The lowest BCUT2D eigenvalue weighted by atomic mass is 9.96. The summed E-state index contributed by atoms with van der Waals surface area (Å²) in [4.78, 5) is 7.22. The molecule has 1 aliphatic heterocycles. The number of aromatic nitrogens is 1. The van der Waals surface area contributed by atoms with Gasteiger partial charge in [-0.2, -0.15) is 0 Å². The topological polar surface area (TPSA) is 42.2 Å². The first kappa shape index (κ1) is 16.3. The number of nitrogens with two attached hydrogens (primary N) is 1. The lowest BCUT2D eigenvalue weighted by Crippen LogP contribution is -2.26. The molecular formula is C18H31N3. The molecule has 1 aromatic heterocycles. The van der Waals surface area contributed by atoms with Crippen LogP contribution >= 0.6 is 0 Å². The Bertz CT molecular complexity index is 442. The highest BCUT2D eigenvalue weighted by Crippen LogP contribution is 2.26. The van der Waals surface area contributed by atoms with E-state index in [1.165, 1.54) is 49.0 Å². The van der Waals surface area contributed by atoms with Crippen molar-refractivity contribution in [2.75, 3.05) is 18.0 Å². The standard InChI is InChI=1S/C18H31N3/c1-4-6-16-7-5-9-21(10-8-16)18-14(2)11-17(13-20-18)12-15(3)19/h11,13,15-16H,4-10,12,19H2,1-3H3. The van der Waals surface area contributed by atoms with Crippen LogP contribution in [-0.4, -0.2) is 24.1 Å². The highest BCUT2D eigenvalue weighted by molar-refractivity contribution is 5.47. The van der Waals surface area contributed by atoms with Gasteiger partial charge < -0.3 is 10.6 Å². The van der Waals surface area contributed by atoms with Gasteiger partial charge in [0.1, 0.15) is 5.82 Å². The molecule has 0 spiro atoms. The molecule has 0 aromatic carbocycles. The van der Waals surface area contributed by atoms with Crippen LogP contribution in [0, 0.1) is 12.8 Å². The lowest BCUT2D eigenvalue weighted by Gasteiger charge is -2.24. The Morgan fingerprint density at radius 2 is 2.19 bits per heavy atom. The highest BCUT2D eigenvalue weighted by atomic mass is 15.2. The van der Waals surface area contributed by atoms with Gasteiger partial charge in [0.25, 0.3) is 0 Å². The summed E-state index contributed by atoms with van der Waals surface area (Å²) in [5.74, 6) is 2.10. The molecule has 1 aromatic rings. The van der Waals surface area contributed by atoms with Crippen LogP contribution in [0.2, 0.25) is 0 Å². The molecule has 1 fully saturated rings. The average molecular weight is 289 g/mol. The fourth-order valence-electron chi connectivity index (χ4n) is 3.51. The van der Waals surface area contributed by atoms with E-state index in [4.69, 9.17) is 10.7 Å². The van der Waals surface area contributed by atoms with Crippen LogP contribution in [0.15, 0.2) is 12.3 Å². The van der Waals surface area contributed by atoms with Crippen molar-refractivity contribution in [3.8, 4) is 0 Å². The van der Waals surface area contributed by atoms with Gasteiger partial charge in [0.05, 0.1) is 0 Å². The monoisotopic (exact) mass is 289 g/mol. The summed E-state index contributed by atoms with van der Waals surface area (Å²) in [7, 11) is 0. The Labute approximate surface area is 129 Å².